The molecule has 0 saturated carbocycles. The third kappa shape index (κ3) is 5.77. The van der Waals surface area contributed by atoms with E-state index in [1.807, 2.05) is 36.7 Å². The van der Waals surface area contributed by atoms with Crippen LogP contribution in [-0.2, 0) is 11.3 Å². The van der Waals surface area contributed by atoms with Crippen molar-refractivity contribution in [3.63, 3.8) is 0 Å². The SMILES string of the molecule is Cc1c(Nc2c(C#N)cncc2C=Cc2ccc(CN3CCC(N4CCOCC4)CC3)cn2)ccc2[nH]ccc12. The van der Waals surface area contributed by atoms with Gasteiger partial charge in [-0.25, -0.2) is 0 Å². The van der Waals surface area contributed by atoms with Gasteiger partial charge in [-0.1, -0.05) is 6.07 Å². The average Bonchev–Trinajstić information content (AvgIpc) is 3.49. The molecule has 2 fully saturated rings. The zero-order valence-corrected chi connectivity index (χ0v) is 22.9. The minimum atomic E-state index is 0.497. The lowest BCUT2D eigenvalue weighted by atomic mass is 10.0. The quantitative estimate of drug-likeness (QED) is 0.331. The molecule has 8 nitrogen and oxygen atoms in total. The van der Waals surface area contributed by atoms with E-state index >= 15 is 0 Å². The zero-order valence-electron chi connectivity index (χ0n) is 22.9. The van der Waals surface area contributed by atoms with Crippen molar-refractivity contribution in [2.75, 3.05) is 44.7 Å². The summed E-state index contributed by atoms with van der Waals surface area (Å²) in [5, 5.41) is 14.4. The van der Waals surface area contributed by atoms with Gasteiger partial charge in [-0.3, -0.25) is 19.8 Å². The maximum Gasteiger partial charge on any atom is 0.103 e. The van der Waals surface area contributed by atoms with Crippen LogP contribution in [0.1, 0.15) is 40.8 Å². The first kappa shape index (κ1) is 26.2. The molecular weight excluding hydrogens is 498 g/mol. The predicted molar refractivity (Wildman–Crippen MR) is 159 cm³/mol. The molecular formula is C32H35N7O. The molecule has 2 aliphatic rings. The number of morpholine rings is 1. The number of ether oxygens (including phenoxy) is 1. The van der Waals surface area contributed by atoms with E-state index in [9.17, 15) is 5.26 Å². The molecule has 1 aromatic carbocycles. The number of aryl methyl sites for hydroxylation is 1. The summed E-state index contributed by atoms with van der Waals surface area (Å²) in [5.74, 6) is 0. The summed E-state index contributed by atoms with van der Waals surface area (Å²) >= 11 is 0. The smallest absolute Gasteiger partial charge is 0.103 e. The number of hydrogen-bond acceptors (Lipinski definition) is 7. The van der Waals surface area contributed by atoms with E-state index in [1.54, 1.807) is 12.4 Å². The van der Waals surface area contributed by atoms with Crippen LogP contribution in [0.5, 0.6) is 0 Å². The zero-order chi connectivity index (χ0) is 27.3. The molecule has 0 aliphatic carbocycles. The number of pyridine rings is 2. The molecule has 0 bridgehead atoms. The highest BCUT2D eigenvalue weighted by Crippen LogP contribution is 2.31. The number of aromatic amines is 1. The molecule has 4 aromatic rings. The Hall–Kier alpha value is -4.03. The van der Waals surface area contributed by atoms with E-state index in [-0.39, 0.29) is 0 Å². The number of piperidine rings is 1. The van der Waals surface area contributed by atoms with Gasteiger partial charge in [0.05, 0.1) is 30.2 Å². The van der Waals surface area contributed by atoms with Gasteiger partial charge in [0, 0.05) is 72.6 Å². The highest BCUT2D eigenvalue weighted by molar-refractivity contribution is 5.90. The summed E-state index contributed by atoms with van der Waals surface area (Å²) in [7, 11) is 0. The molecule has 2 aliphatic heterocycles. The van der Waals surface area contributed by atoms with Crippen LogP contribution in [0.25, 0.3) is 23.1 Å². The minimum absolute atomic E-state index is 0.497. The number of hydrogen-bond donors (Lipinski definition) is 2. The minimum Gasteiger partial charge on any atom is -0.379 e. The Morgan fingerprint density at radius 1 is 1.05 bits per heavy atom. The Kier molecular flexibility index (Phi) is 7.87. The van der Waals surface area contributed by atoms with Crippen LogP contribution in [0.4, 0.5) is 11.4 Å². The van der Waals surface area contributed by atoms with E-state index in [2.05, 4.69) is 56.3 Å². The summed E-state index contributed by atoms with van der Waals surface area (Å²) in [6.07, 6.45) is 13.7. The van der Waals surface area contributed by atoms with Crippen molar-refractivity contribution in [2.24, 2.45) is 0 Å². The molecule has 0 unspecified atom stereocenters. The van der Waals surface area contributed by atoms with Crippen LogP contribution >= 0.6 is 0 Å². The van der Waals surface area contributed by atoms with Gasteiger partial charge in [0.1, 0.15) is 6.07 Å². The lowest BCUT2D eigenvalue weighted by Crippen LogP contribution is -2.48. The van der Waals surface area contributed by atoms with Crippen molar-refractivity contribution in [2.45, 2.75) is 32.4 Å². The molecule has 0 atom stereocenters. The Bertz CT molecular complexity index is 1520. The van der Waals surface area contributed by atoms with Crippen LogP contribution in [0.15, 0.2) is 55.1 Å². The number of nitriles is 1. The van der Waals surface area contributed by atoms with E-state index in [1.165, 1.54) is 18.4 Å². The molecule has 40 heavy (non-hydrogen) atoms. The topological polar surface area (TPSA) is 93.1 Å². The van der Waals surface area contributed by atoms with Gasteiger partial charge >= 0.3 is 0 Å². The Morgan fingerprint density at radius 2 is 1.90 bits per heavy atom. The fraction of sp³-hybridized carbons (Fsp3) is 0.344. The molecule has 2 saturated heterocycles. The monoisotopic (exact) mass is 533 g/mol. The molecule has 5 heterocycles. The summed E-state index contributed by atoms with van der Waals surface area (Å²) < 4.78 is 5.51. The number of nitrogens with one attached hydrogen (secondary N) is 2. The first-order chi connectivity index (χ1) is 19.7. The fourth-order valence-corrected chi connectivity index (χ4v) is 5.83. The lowest BCUT2D eigenvalue weighted by molar-refractivity contribution is 0.000223. The third-order valence-electron chi connectivity index (χ3n) is 8.17. The number of rotatable bonds is 7. The van der Waals surface area contributed by atoms with Gasteiger partial charge in [-0.15, -0.1) is 0 Å². The third-order valence-corrected chi connectivity index (χ3v) is 8.17. The second-order valence-corrected chi connectivity index (χ2v) is 10.6. The van der Waals surface area contributed by atoms with Crippen LogP contribution < -0.4 is 5.32 Å². The van der Waals surface area contributed by atoms with Crippen molar-refractivity contribution in [1.82, 2.24) is 24.8 Å². The second-order valence-electron chi connectivity index (χ2n) is 10.6. The van der Waals surface area contributed by atoms with E-state index in [0.717, 1.165) is 85.0 Å². The van der Waals surface area contributed by atoms with Crippen LogP contribution in [0.3, 0.4) is 0 Å². The maximum absolute atomic E-state index is 9.78. The van der Waals surface area contributed by atoms with Crippen LogP contribution in [0.2, 0.25) is 0 Å². The number of benzene rings is 1. The summed E-state index contributed by atoms with van der Waals surface area (Å²) in [6.45, 7) is 9.14. The summed E-state index contributed by atoms with van der Waals surface area (Å²) in [6, 6.07) is 13.4. The largest absolute Gasteiger partial charge is 0.379 e. The first-order valence-corrected chi connectivity index (χ1v) is 14.1. The van der Waals surface area contributed by atoms with E-state index in [4.69, 9.17) is 9.72 Å². The molecule has 6 rings (SSSR count). The number of likely N-dealkylation sites (tertiary alicyclic amines) is 1. The number of anilines is 2. The summed E-state index contributed by atoms with van der Waals surface area (Å²) in [4.78, 5) is 17.4. The standard InChI is InChI=1S/C32H35N7O/c1-23-29-8-11-35-31(29)7-6-30(23)37-32-25(20-34-21-26(32)18-33)3-5-27-4-2-24(19-36-27)22-38-12-9-28(10-13-38)39-14-16-40-17-15-39/h2-8,11,19-21,28,35H,9-10,12-17,22H2,1H3,(H,34,37). The molecule has 0 radical (unpaired) electrons. The van der Waals surface area contributed by atoms with E-state index in [0.29, 0.717) is 11.6 Å². The van der Waals surface area contributed by atoms with Crippen molar-refractivity contribution >= 4 is 34.4 Å². The van der Waals surface area contributed by atoms with Gasteiger partial charge in [0.2, 0.25) is 0 Å². The average molecular weight is 534 g/mol. The molecule has 0 amide bonds. The second kappa shape index (κ2) is 12.0. The van der Waals surface area contributed by atoms with Gasteiger partial charge in [0.15, 0.2) is 0 Å². The van der Waals surface area contributed by atoms with Gasteiger partial charge < -0.3 is 15.0 Å². The normalized spacial score (nSPS) is 17.4. The number of nitrogens with zero attached hydrogens (tertiary/aromatic N) is 5. The van der Waals surface area contributed by atoms with Gasteiger partial charge in [0.25, 0.3) is 0 Å². The molecule has 8 heteroatoms. The number of fused-ring (bicyclic) bond motifs is 1. The lowest BCUT2D eigenvalue weighted by Gasteiger charge is -2.40. The first-order valence-electron chi connectivity index (χ1n) is 14.1. The highest BCUT2D eigenvalue weighted by atomic mass is 16.5. The molecule has 0 spiro atoms. The van der Waals surface area contributed by atoms with Crippen molar-refractivity contribution in [3.8, 4) is 6.07 Å². The molecule has 3 aromatic heterocycles. The summed E-state index contributed by atoms with van der Waals surface area (Å²) in [5.41, 5.74) is 7.34. The van der Waals surface area contributed by atoms with Gasteiger partial charge in [-0.05, 0) is 80.4 Å². The number of H-pyrrole nitrogens is 1. The predicted octanol–water partition coefficient (Wildman–Crippen LogP) is 5.35. The number of aromatic nitrogens is 3. The Balaban J connectivity index is 1.11. The maximum atomic E-state index is 9.78. The Morgan fingerprint density at radius 3 is 2.67 bits per heavy atom. The van der Waals surface area contributed by atoms with Crippen LogP contribution in [0, 0.1) is 18.3 Å². The Labute approximate surface area is 235 Å². The van der Waals surface area contributed by atoms with Crippen LogP contribution in [-0.4, -0.2) is 70.2 Å². The molecule has 204 valence electrons. The molecule has 2 N–H and O–H groups in total. The van der Waals surface area contributed by atoms with E-state index < -0.39 is 0 Å². The van der Waals surface area contributed by atoms with Gasteiger partial charge in [-0.2, -0.15) is 5.26 Å². The van der Waals surface area contributed by atoms with Crippen molar-refractivity contribution in [1.29, 1.82) is 5.26 Å². The van der Waals surface area contributed by atoms with Crippen molar-refractivity contribution < 1.29 is 4.74 Å². The van der Waals surface area contributed by atoms with Crippen molar-refractivity contribution in [3.05, 3.63) is 83.1 Å². The highest BCUT2D eigenvalue weighted by Gasteiger charge is 2.25. The fourth-order valence-electron chi connectivity index (χ4n) is 5.83.